The van der Waals surface area contributed by atoms with Crippen LogP contribution in [0.3, 0.4) is 0 Å². The Morgan fingerprint density at radius 2 is 1.64 bits per heavy atom. The fourth-order valence-electron chi connectivity index (χ4n) is 3.21. The summed E-state index contributed by atoms with van der Waals surface area (Å²) in [7, 11) is 0. The molecule has 2 amide bonds. The van der Waals surface area contributed by atoms with Crippen molar-refractivity contribution in [1.82, 2.24) is 0 Å². The van der Waals surface area contributed by atoms with E-state index < -0.39 is 6.04 Å². The second kappa shape index (κ2) is 4.56. The first kappa shape index (κ1) is 12.8. The molecule has 0 spiro atoms. The lowest BCUT2D eigenvalue weighted by molar-refractivity contribution is -0.126. The highest BCUT2D eigenvalue weighted by molar-refractivity contribution is 6.23. The Morgan fingerprint density at radius 3 is 2.41 bits per heavy atom. The predicted octanol–water partition coefficient (Wildman–Crippen LogP) is 2.50. The molecule has 108 valence electrons. The molecule has 4 heteroatoms. The van der Waals surface area contributed by atoms with Crippen molar-refractivity contribution in [3.05, 3.63) is 72.4 Å². The third-order valence-electron chi connectivity index (χ3n) is 4.23. The SMILES string of the molecule is C=C1C(=O)N2c3ccccc3C[C@H]2C(=O)N1c1ccccc1. The minimum atomic E-state index is -0.476. The van der Waals surface area contributed by atoms with Crippen molar-refractivity contribution in [2.24, 2.45) is 0 Å². The van der Waals surface area contributed by atoms with Crippen LogP contribution in [-0.2, 0) is 16.0 Å². The Balaban J connectivity index is 1.80. The molecule has 0 bridgehead atoms. The Morgan fingerprint density at radius 1 is 0.955 bits per heavy atom. The summed E-state index contributed by atoms with van der Waals surface area (Å²) in [4.78, 5) is 28.7. The van der Waals surface area contributed by atoms with Crippen molar-refractivity contribution >= 4 is 23.2 Å². The lowest BCUT2D eigenvalue weighted by atomic mass is 10.1. The van der Waals surface area contributed by atoms with Crippen LogP contribution in [0.4, 0.5) is 11.4 Å². The summed E-state index contributed by atoms with van der Waals surface area (Å²) >= 11 is 0. The zero-order valence-corrected chi connectivity index (χ0v) is 11.9. The van der Waals surface area contributed by atoms with Gasteiger partial charge in [0.1, 0.15) is 11.7 Å². The van der Waals surface area contributed by atoms with Crippen LogP contribution in [0.1, 0.15) is 5.56 Å². The number of carbonyl (C=O) groups excluding carboxylic acids is 2. The minimum absolute atomic E-state index is 0.105. The lowest BCUT2D eigenvalue weighted by Gasteiger charge is -2.37. The molecule has 2 aromatic rings. The van der Waals surface area contributed by atoms with Crippen molar-refractivity contribution < 1.29 is 9.59 Å². The van der Waals surface area contributed by atoms with E-state index in [4.69, 9.17) is 0 Å². The van der Waals surface area contributed by atoms with Gasteiger partial charge in [-0.2, -0.15) is 0 Å². The molecule has 0 unspecified atom stereocenters. The topological polar surface area (TPSA) is 40.6 Å². The molecule has 2 aliphatic rings. The highest BCUT2D eigenvalue weighted by atomic mass is 16.2. The van der Waals surface area contributed by atoms with Crippen molar-refractivity contribution in [1.29, 1.82) is 0 Å². The maximum atomic E-state index is 12.9. The van der Waals surface area contributed by atoms with Crippen molar-refractivity contribution in [2.45, 2.75) is 12.5 Å². The van der Waals surface area contributed by atoms with Gasteiger partial charge < -0.3 is 0 Å². The summed E-state index contributed by atoms with van der Waals surface area (Å²) in [6.07, 6.45) is 0.553. The van der Waals surface area contributed by atoms with Gasteiger partial charge in [0.15, 0.2) is 0 Å². The second-order valence-corrected chi connectivity index (χ2v) is 5.48. The second-order valence-electron chi connectivity index (χ2n) is 5.48. The van der Waals surface area contributed by atoms with Gasteiger partial charge >= 0.3 is 0 Å². The van der Waals surface area contributed by atoms with Gasteiger partial charge in [-0.1, -0.05) is 43.0 Å². The monoisotopic (exact) mass is 290 g/mol. The van der Waals surface area contributed by atoms with Crippen LogP contribution >= 0.6 is 0 Å². The first-order chi connectivity index (χ1) is 10.7. The molecule has 22 heavy (non-hydrogen) atoms. The van der Waals surface area contributed by atoms with Crippen LogP contribution in [0.5, 0.6) is 0 Å². The maximum Gasteiger partial charge on any atom is 0.275 e. The minimum Gasteiger partial charge on any atom is -0.294 e. The van der Waals surface area contributed by atoms with E-state index in [1.807, 2.05) is 54.6 Å². The number of benzene rings is 2. The maximum absolute atomic E-state index is 12.9. The van der Waals surface area contributed by atoms with E-state index in [0.717, 1.165) is 11.3 Å². The van der Waals surface area contributed by atoms with Gasteiger partial charge in [0, 0.05) is 17.8 Å². The molecule has 0 radical (unpaired) electrons. The van der Waals surface area contributed by atoms with Gasteiger partial charge in [0.05, 0.1) is 0 Å². The highest BCUT2D eigenvalue weighted by Gasteiger charge is 2.47. The van der Waals surface area contributed by atoms with E-state index in [1.165, 1.54) is 4.90 Å². The molecule has 2 heterocycles. The largest absolute Gasteiger partial charge is 0.294 e. The van der Waals surface area contributed by atoms with Crippen LogP contribution in [-0.4, -0.2) is 17.9 Å². The molecule has 0 aliphatic carbocycles. The molecule has 1 saturated heterocycles. The van der Waals surface area contributed by atoms with Crippen molar-refractivity contribution in [2.75, 3.05) is 9.80 Å². The van der Waals surface area contributed by atoms with Gasteiger partial charge in [0.2, 0.25) is 0 Å². The van der Waals surface area contributed by atoms with Crippen LogP contribution in [0.15, 0.2) is 66.9 Å². The summed E-state index contributed by atoms with van der Waals surface area (Å²) < 4.78 is 0. The number of amides is 2. The molecule has 2 aromatic carbocycles. The lowest BCUT2D eigenvalue weighted by Crippen LogP contribution is -2.57. The number of para-hydroxylation sites is 2. The van der Waals surface area contributed by atoms with Gasteiger partial charge in [-0.25, -0.2) is 0 Å². The number of nitrogens with zero attached hydrogens (tertiary/aromatic N) is 2. The third-order valence-corrected chi connectivity index (χ3v) is 4.23. The molecule has 0 saturated carbocycles. The zero-order valence-electron chi connectivity index (χ0n) is 11.9. The van der Waals surface area contributed by atoms with E-state index in [9.17, 15) is 9.59 Å². The number of anilines is 2. The van der Waals surface area contributed by atoms with Gasteiger partial charge in [-0.15, -0.1) is 0 Å². The molecular formula is C18H14N2O2. The fourth-order valence-corrected chi connectivity index (χ4v) is 3.21. The number of piperazine rings is 1. The standard InChI is InChI=1S/C18H14N2O2/c1-12-17(21)20-15-10-6-5-7-13(15)11-16(20)18(22)19(12)14-8-3-2-4-9-14/h2-10,16H,1,11H2/t16-/m0/s1. The highest BCUT2D eigenvalue weighted by Crippen LogP contribution is 2.38. The number of hydrogen-bond donors (Lipinski definition) is 0. The van der Waals surface area contributed by atoms with Crippen LogP contribution in [0, 0.1) is 0 Å². The van der Waals surface area contributed by atoms with Crippen LogP contribution < -0.4 is 9.80 Å². The number of carbonyl (C=O) groups is 2. The molecule has 4 rings (SSSR count). The normalized spacial score (nSPS) is 20.2. The Labute approximate surface area is 128 Å². The van der Waals surface area contributed by atoms with E-state index in [1.54, 1.807) is 4.90 Å². The summed E-state index contributed by atoms with van der Waals surface area (Å²) in [5.41, 5.74) is 2.72. The quantitative estimate of drug-likeness (QED) is 0.757. The third kappa shape index (κ3) is 1.64. The molecule has 2 aliphatic heterocycles. The molecule has 0 N–H and O–H groups in total. The first-order valence-corrected chi connectivity index (χ1v) is 7.18. The Hall–Kier alpha value is -2.88. The molecule has 1 fully saturated rings. The Bertz CT molecular complexity index is 798. The molecule has 1 atom stereocenters. The predicted molar refractivity (Wildman–Crippen MR) is 84.5 cm³/mol. The fraction of sp³-hybridized carbons (Fsp3) is 0.111. The van der Waals surface area contributed by atoms with Crippen LogP contribution in [0.2, 0.25) is 0 Å². The summed E-state index contributed by atoms with van der Waals surface area (Å²) in [5, 5.41) is 0. The number of hydrogen-bond acceptors (Lipinski definition) is 2. The van der Waals surface area contributed by atoms with E-state index in [2.05, 4.69) is 6.58 Å². The molecular weight excluding hydrogens is 276 g/mol. The zero-order chi connectivity index (χ0) is 15.3. The smallest absolute Gasteiger partial charge is 0.275 e. The average Bonchev–Trinajstić information content (AvgIpc) is 2.94. The van der Waals surface area contributed by atoms with Crippen molar-refractivity contribution in [3.63, 3.8) is 0 Å². The Kier molecular flexibility index (Phi) is 2.66. The van der Waals surface area contributed by atoms with Crippen LogP contribution in [0.25, 0.3) is 0 Å². The van der Waals surface area contributed by atoms with Crippen molar-refractivity contribution in [3.8, 4) is 0 Å². The molecule has 0 aromatic heterocycles. The van der Waals surface area contributed by atoms with E-state index in [-0.39, 0.29) is 17.5 Å². The first-order valence-electron chi connectivity index (χ1n) is 7.18. The van der Waals surface area contributed by atoms with Gasteiger partial charge in [0.25, 0.3) is 11.8 Å². The summed E-state index contributed by atoms with van der Waals surface area (Å²) in [6.45, 7) is 3.85. The molecule has 4 nitrogen and oxygen atoms in total. The summed E-state index contributed by atoms with van der Waals surface area (Å²) in [5.74, 6) is -0.314. The van der Waals surface area contributed by atoms with E-state index in [0.29, 0.717) is 12.1 Å². The number of fused-ring (bicyclic) bond motifs is 3. The van der Waals surface area contributed by atoms with Gasteiger partial charge in [-0.3, -0.25) is 19.4 Å². The average molecular weight is 290 g/mol. The number of rotatable bonds is 1. The van der Waals surface area contributed by atoms with E-state index >= 15 is 0 Å². The van der Waals surface area contributed by atoms with Gasteiger partial charge in [-0.05, 0) is 23.8 Å². The summed E-state index contributed by atoms with van der Waals surface area (Å²) in [6, 6.07) is 16.4.